The molecule has 0 radical (unpaired) electrons. The van der Waals surface area contributed by atoms with Gasteiger partial charge in [-0.1, -0.05) is 24.3 Å². The fourth-order valence-corrected chi connectivity index (χ4v) is 2.06. The first-order valence-corrected chi connectivity index (χ1v) is 7.03. The Hall–Kier alpha value is -3.16. The number of imidazole rings is 1. The van der Waals surface area contributed by atoms with Crippen molar-refractivity contribution in [3.8, 4) is 5.88 Å². The first-order valence-electron chi connectivity index (χ1n) is 7.03. The molecular weight excluding hydrogens is 296 g/mol. The minimum atomic E-state index is -0.0539. The first kappa shape index (κ1) is 14.8. The van der Waals surface area contributed by atoms with Gasteiger partial charge in [-0.25, -0.2) is 4.98 Å². The van der Waals surface area contributed by atoms with Crippen molar-refractivity contribution in [2.45, 2.75) is 20.1 Å². The van der Waals surface area contributed by atoms with Crippen LogP contribution < -0.4 is 15.8 Å². The molecule has 3 rings (SSSR count). The van der Waals surface area contributed by atoms with E-state index in [4.69, 9.17) is 10.5 Å². The number of nitrogens with zero attached hydrogens (tertiary/aromatic N) is 3. The van der Waals surface area contributed by atoms with E-state index >= 15 is 0 Å². The minimum absolute atomic E-state index is 0.0539. The molecule has 0 saturated carbocycles. The van der Waals surface area contributed by atoms with Crippen LogP contribution in [0, 0.1) is 0 Å². The number of anilines is 1. The van der Waals surface area contributed by atoms with Gasteiger partial charge in [0.1, 0.15) is 6.61 Å². The van der Waals surface area contributed by atoms with E-state index < -0.39 is 0 Å². The Kier molecular flexibility index (Phi) is 4.05. The number of nitrogens with two attached hydrogens (primary N) is 1. The van der Waals surface area contributed by atoms with E-state index in [9.17, 15) is 4.79 Å². The van der Waals surface area contributed by atoms with Crippen molar-refractivity contribution >= 4 is 23.0 Å². The number of hydrogen-bond donors (Lipinski definition) is 3. The molecule has 0 saturated heterocycles. The predicted molar refractivity (Wildman–Crippen MR) is 84.4 cm³/mol. The fraction of sp³-hybridized carbons (Fsp3) is 0.200. The molecule has 1 amide bonds. The lowest BCUT2D eigenvalue weighted by Gasteiger charge is -2.07. The number of carbonyl (C=O) groups excluding carboxylic acids is 1. The summed E-state index contributed by atoms with van der Waals surface area (Å²) in [6.07, 6.45) is 1.52. The number of rotatable bonds is 5. The highest BCUT2D eigenvalue weighted by molar-refractivity contribution is 5.76. The number of benzene rings is 1. The van der Waals surface area contributed by atoms with E-state index in [1.165, 1.54) is 13.3 Å². The summed E-state index contributed by atoms with van der Waals surface area (Å²) in [5, 5.41) is 2.75. The average Bonchev–Trinajstić information content (AvgIpc) is 2.99. The Labute approximate surface area is 132 Å². The normalized spacial score (nSPS) is 10.7. The number of hydrogen-bond acceptors (Lipinski definition) is 6. The smallest absolute Gasteiger partial charge is 0.247 e. The third-order valence-corrected chi connectivity index (χ3v) is 3.20. The molecule has 8 heteroatoms. The molecule has 2 aromatic heterocycles. The van der Waals surface area contributed by atoms with E-state index in [0.29, 0.717) is 30.2 Å². The summed E-state index contributed by atoms with van der Waals surface area (Å²) in [7, 11) is 0. The number of nitrogens with one attached hydrogen (secondary N) is 2. The maximum Gasteiger partial charge on any atom is 0.247 e. The monoisotopic (exact) mass is 312 g/mol. The van der Waals surface area contributed by atoms with Gasteiger partial charge in [0, 0.05) is 13.5 Å². The highest BCUT2D eigenvalue weighted by Gasteiger charge is 2.10. The second kappa shape index (κ2) is 6.30. The number of amides is 1. The zero-order valence-corrected chi connectivity index (χ0v) is 12.5. The zero-order chi connectivity index (χ0) is 16.2. The Balaban J connectivity index is 1.67. The molecule has 0 atom stereocenters. The molecule has 23 heavy (non-hydrogen) atoms. The van der Waals surface area contributed by atoms with Gasteiger partial charge in [-0.05, 0) is 11.1 Å². The second-order valence-corrected chi connectivity index (χ2v) is 5.00. The van der Waals surface area contributed by atoms with Gasteiger partial charge in [-0.15, -0.1) is 0 Å². The molecule has 118 valence electrons. The van der Waals surface area contributed by atoms with Crippen LogP contribution in [0.3, 0.4) is 0 Å². The molecule has 0 bridgehead atoms. The number of H-pyrrole nitrogens is 1. The summed E-state index contributed by atoms with van der Waals surface area (Å²) in [6, 6.07) is 7.74. The average molecular weight is 312 g/mol. The number of nitrogen functional groups attached to an aromatic ring is 1. The summed E-state index contributed by atoms with van der Waals surface area (Å²) < 4.78 is 5.70. The fourth-order valence-electron chi connectivity index (χ4n) is 2.06. The molecule has 0 aliphatic heterocycles. The maximum atomic E-state index is 10.9. The predicted octanol–water partition coefficient (Wildman–Crippen LogP) is 1.15. The number of aromatic amines is 1. The van der Waals surface area contributed by atoms with E-state index in [2.05, 4.69) is 25.3 Å². The van der Waals surface area contributed by atoms with Gasteiger partial charge in [0.25, 0.3) is 0 Å². The standard InChI is InChI=1S/C15H16N6O2/c1-9(22)17-6-10-2-4-11(5-3-10)7-23-14-12-13(19-8-18-12)20-15(16)21-14/h2-5,8H,6-7H2,1H3,(H,17,22)(H3,16,18,19,20,21). The van der Waals surface area contributed by atoms with E-state index in [0.717, 1.165) is 11.1 Å². The third-order valence-electron chi connectivity index (χ3n) is 3.20. The summed E-state index contributed by atoms with van der Waals surface area (Å²) in [5.41, 5.74) is 8.72. The van der Waals surface area contributed by atoms with Gasteiger partial charge in [-0.3, -0.25) is 4.79 Å². The van der Waals surface area contributed by atoms with E-state index in [1.807, 2.05) is 24.3 Å². The van der Waals surface area contributed by atoms with Crippen molar-refractivity contribution in [1.29, 1.82) is 0 Å². The summed E-state index contributed by atoms with van der Waals surface area (Å²) >= 11 is 0. The van der Waals surface area contributed by atoms with Crippen molar-refractivity contribution in [3.63, 3.8) is 0 Å². The summed E-state index contributed by atoms with van der Waals surface area (Å²) in [4.78, 5) is 26.0. The van der Waals surface area contributed by atoms with Crippen LogP contribution in [0.4, 0.5) is 5.95 Å². The van der Waals surface area contributed by atoms with Crippen molar-refractivity contribution in [2.24, 2.45) is 0 Å². The second-order valence-electron chi connectivity index (χ2n) is 5.00. The van der Waals surface area contributed by atoms with Crippen LogP contribution in [0.15, 0.2) is 30.6 Å². The molecule has 4 N–H and O–H groups in total. The van der Waals surface area contributed by atoms with Crippen LogP contribution in [-0.4, -0.2) is 25.8 Å². The largest absolute Gasteiger partial charge is 0.471 e. The highest BCUT2D eigenvalue weighted by atomic mass is 16.5. The summed E-state index contributed by atoms with van der Waals surface area (Å²) in [5.74, 6) is 0.417. The van der Waals surface area contributed by atoms with Crippen molar-refractivity contribution in [3.05, 3.63) is 41.7 Å². The molecule has 1 aromatic carbocycles. The molecule has 8 nitrogen and oxygen atoms in total. The maximum absolute atomic E-state index is 10.9. The summed E-state index contributed by atoms with van der Waals surface area (Å²) in [6.45, 7) is 2.33. The Bertz CT molecular complexity index is 828. The lowest BCUT2D eigenvalue weighted by Crippen LogP contribution is -2.18. The topological polar surface area (TPSA) is 119 Å². The Morgan fingerprint density at radius 1 is 1.26 bits per heavy atom. The Morgan fingerprint density at radius 3 is 2.74 bits per heavy atom. The number of fused-ring (bicyclic) bond motifs is 1. The van der Waals surface area contributed by atoms with Crippen LogP contribution in [0.2, 0.25) is 0 Å². The molecule has 0 spiro atoms. The van der Waals surface area contributed by atoms with Crippen molar-refractivity contribution in [1.82, 2.24) is 25.3 Å². The minimum Gasteiger partial charge on any atom is -0.471 e. The van der Waals surface area contributed by atoms with E-state index in [1.54, 1.807) is 0 Å². The van der Waals surface area contributed by atoms with Crippen LogP contribution >= 0.6 is 0 Å². The third kappa shape index (κ3) is 3.54. The zero-order valence-electron chi connectivity index (χ0n) is 12.5. The van der Waals surface area contributed by atoms with E-state index in [-0.39, 0.29) is 11.9 Å². The number of aromatic nitrogens is 4. The lowest BCUT2D eigenvalue weighted by atomic mass is 10.1. The molecule has 0 unspecified atom stereocenters. The van der Waals surface area contributed by atoms with Crippen molar-refractivity contribution in [2.75, 3.05) is 5.73 Å². The number of ether oxygens (including phenoxy) is 1. The van der Waals surface area contributed by atoms with Gasteiger partial charge in [0.05, 0.1) is 6.33 Å². The molecule has 3 aromatic rings. The first-order chi connectivity index (χ1) is 11.1. The van der Waals surface area contributed by atoms with Gasteiger partial charge < -0.3 is 20.8 Å². The van der Waals surface area contributed by atoms with Crippen LogP contribution in [0.5, 0.6) is 5.88 Å². The van der Waals surface area contributed by atoms with Gasteiger partial charge in [0.2, 0.25) is 17.7 Å². The highest BCUT2D eigenvalue weighted by Crippen LogP contribution is 2.20. The van der Waals surface area contributed by atoms with Gasteiger partial charge >= 0.3 is 0 Å². The molecule has 0 aliphatic carbocycles. The molecule has 0 aliphatic rings. The van der Waals surface area contributed by atoms with Crippen LogP contribution in [0.1, 0.15) is 18.1 Å². The van der Waals surface area contributed by atoms with Crippen molar-refractivity contribution < 1.29 is 9.53 Å². The molecule has 0 fully saturated rings. The molecular formula is C15H16N6O2. The van der Waals surface area contributed by atoms with Crippen LogP contribution in [0.25, 0.3) is 11.2 Å². The molecule has 2 heterocycles. The van der Waals surface area contributed by atoms with Crippen LogP contribution in [-0.2, 0) is 17.9 Å². The Morgan fingerprint density at radius 2 is 2.00 bits per heavy atom. The SMILES string of the molecule is CC(=O)NCc1ccc(COc2nc(N)nc3[nH]cnc23)cc1. The van der Waals surface area contributed by atoms with Gasteiger partial charge in [-0.2, -0.15) is 9.97 Å². The lowest BCUT2D eigenvalue weighted by molar-refractivity contribution is -0.119. The van der Waals surface area contributed by atoms with Gasteiger partial charge in [0.15, 0.2) is 11.2 Å². The quantitative estimate of drug-likeness (QED) is 0.650. The number of carbonyl (C=O) groups is 1.